The first kappa shape index (κ1) is 32.1. The molecule has 0 bridgehead atoms. The lowest BCUT2D eigenvalue weighted by Crippen LogP contribution is -2.48. The summed E-state index contributed by atoms with van der Waals surface area (Å²) in [5.74, 6) is 0.886. The molecule has 0 aliphatic carbocycles. The minimum Gasteiger partial charge on any atom is -0.490 e. The highest BCUT2D eigenvalue weighted by molar-refractivity contribution is 8.03. The number of likely N-dealkylation sites (tertiary alicyclic amines) is 1. The fourth-order valence-electron chi connectivity index (χ4n) is 4.88. The zero-order valence-corrected chi connectivity index (χ0v) is 26.2. The number of nitrogens with zero attached hydrogens (tertiary/aromatic N) is 4. The summed E-state index contributed by atoms with van der Waals surface area (Å²) in [5.41, 5.74) is 2.20. The van der Waals surface area contributed by atoms with Gasteiger partial charge in [-0.2, -0.15) is 0 Å². The van der Waals surface area contributed by atoms with Crippen LogP contribution in [-0.2, 0) is 31.4 Å². The fraction of sp³-hybridized carbons (Fsp3) is 0.300. The number of hydrogen-bond donors (Lipinski definition) is 1. The molecule has 12 nitrogen and oxygen atoms in total. The maximum atomic E-state index is 13.4. The number of nitrogens with one attached hydrogen (secondary N) is 1. The molecular formula is C30H32FN5O7S2. The molecular weight excluding hydrogens is 625 g/mol. The van der Waals surface area contributed by atoms with Crippen molar-refractivity contribution >= 4 is 48.4 Å². The molecule has 45 heavy (non-hydrogen) atoms. The van der Waals surface area contributed by atoms with Gasteiger partial charge in [0, 0.05) is 37.0 Å². The zero-order chi connectivity index (χ0) is 32.2. The Kier molecular flexibility index (Phi) is 9.51. The van der Waals surface area contributed by atoms with Crippen LogP contribution in [0, 0.1) is 5.82 Å². The molecule has 1 saturated heterocycles. The van der Waals surface area contributed by atoms with Gasteiger partial charge >= 0.3 is 0 Å². The molecule has 15 heteroatoms. The highest BCUT2D eigenvalue weighted by atomic mass is 32.3. The number of carbonyl (C=O) groups is 1. The number of carbonyl (C=O) groups excluding carboxylic acids is 1. The van der Waals surface area contributed by atoms with E-state index in [2.05, 4.69) is 15.3 Å². The van der Waals surface area contributed by atoms with Crippen molar-refractivity contribution in [1.82, 2.24) is 18.6 Å². The van der Waals surface area contributed by atoms with Crippen molar-refractivity contribution < 1.29 is 35.5 Å². The zero-order valence-electron chi connectivity index (χ0n) is 24.6. The van der Waals surface area contributed by atoms with Gasteiger partial charge in [0.1, 0.15) is 48.7 Å². The predicted molar refractivity (Wildman–Crippen MR) is 167 cm³/mol. The van der Waals surface area contributed by atoms with Crippen LogP contribution >= 0.6 is 0 Å². The van der Waals surface area contributed by atoms with Crippen molar-refractivity contribution in [3.63, 3.8) is 0 Å². The quantitative estimate of drug-likeness (QED) is 0.253. The van der Waals surface area contributed by atoms with Crippen molar-refractivity contribution in [2.24, 2.45) is 0 Å². The highest BCUT2D eigenvalue weighted by Gasteiger charge is 2.32. The van der Waals surface area contributed by atoms with E-state index in [4.69, 9.17) is 9.47 Å². The first-order chi connectivity index (χ1) is 21.3. The van der Waals surface area contributed by atoms with Crippen molar-refractivity contribution in [1.29, 1.82) is 0 Å². The number of hydrogen-bond acceptors (Lipinski definition) is 10. The van der Waals surface area contributed by atoms with Crippen LogP contribution in [0.5, 0.6) is 11.5 Å². The molecule has 2 heterocycles. The van der Waals surface area contributed by atoms with E-state index >= 15 is 0 Å². The maximum Gasteiger partial charge on any atom is 0.239 e. The van der Waals surface area contributed by atoms with E-state index in [0.717, 1.165) is 29.1 Å². The molecule has 1 fully saturated rings. The molecule has 1 aliphatic heterocycles. The maximum absolute atomic E-state index is 13.4. The Bertz CT molecular complexity index is 1870. The Labute approximate surface area is 260 Å². The van der Waals surface area contributed by atoms with Gasteiger partial charge in [-0.25, -0.2) is 31.2 Å². The van der Waals surface area contributed by atoms with E-state index in [-0.39, 0.29) is 35.3 Å². The summed E-state index contributed by atoms with van der Waals surface area (Å²) in [7, 11) is -8.25. The number of rotatable bonds is 11. The van der Waals surface area contributed by atoms with E-state index in [1.54, 1.807) is 30.3 Å². The first-order valence-corrected chi connectivity index (χ1v) is 17.7. The Morgan fingerprint density at radius 1 is 0.956 bits per heavy atom. The van der Waals surface area contributed by atoms with Crippen molar-refractivity contribution in [2.45, 2.75) is 25.6 Å². The Morgan fingerprint density at radius 2 is 1.64 bits per heavy atom. The number of halogens is 1. The lowest BCUT2D eigenvalue weighted by atomic mass is 10.1. The number of anilines is 2. The number of ether oxygens (including phenoxy) is 2. The van der Waals surface area contributed by atoms with Gasteiger partial charge in [0.25, 0.3) is 0 Å². The SMILES string of the molecule is CS(=O)(=O)N(CC(=O)N1CCC(Oc2ccc3ncnc(Nc4ccc(OCc5cccc(F)c5)cc4)c3c2)CC1)S(C)(=O)=O. The summed E-state index contributed by atoms with van der Waals surface area (Å²) in [6, 6.07) is 19.0. The summed E-state index contributed by atoms with van der Waals surface area (Å²) in [4.78, 5) is 22.9. The summed E-state index contributed by atoms with van der Waals surface area (Å²) in [6.07, 6.45) is 3.70. The van der Waals surface area contributed by atoms with E-state index < -0.39 is 32.5 Å². The van der Waals surface area contributed by atoms with Crippen LogP contribution in [-0.4, -0.2) is 79.6 Å². The number of benzene rings is 3. The molecule has 0 atom stereocenters. The molecule has 1 aromatic heterocycles. The van der Waals surface area contributed by atoms with E-state index in [9.17, 15) is 26.0 Å². The second kappa shape index (κ2) is 13.3. The average molecular weight is 658 g/mol. The molecule has 0 spiro atoms. The van der Waals surface area contributed by atoms with Gasteiger partial charge in [0.2, 0.25) is 26.0 Å². The number of fused-ring (bicyclic) bond motifs is 1. The van der Waals surface area contributed by atoms with Crippen LogP contribution < -0.4 is 14.8 Å². The molecule has 0 saturated carbocycles. The summed E-state index contributed by atoms with van der Waals surface area (Å²) >= 11 is 0. The monoisotopic (exact) mass is 657 g/mol. The molecule has 1 N–H and O–H groups in total. The lowest BCUT2D eigenvalue weighted by molar-refractivity contribution is -0.132. The van der Waals surface area contributed by atoms with Gasteiger partial charge in [-0.1, -0.05) is 15.8 Å². The number of sulfonamides is 2. The third-order valence-corrected chi connectivity index (χ3v) is 10.5. The third-order valence-electron chi connectivity index (χ3n) is 7.12. The fourth-order valence-corrected chi connectivity index (χ4v) is 7.54. The largest absolute Gasteiger partial charge is 0.490 e. The summed E-state index contributed by atoms with van der Waals surface area (Å²) < 4.78 is 73.2. The van der Waals surface area contributed by atoms with Crippen LogP contribution in [0.25, 0.3) is 10.9 Å². The first-order valence-electron chi connectivity index (χ1n) is 14.0. The van der Waals surface area contributed by atoms with Gasteiger partial charge in [0.15, 0.2) is 0 Å². The predicted octanol–water partition coefficient (Wildman–Crippen LogP) is 3.68. The second-order valence-electron chi connectivity index (χ2n) is 10.6. The highest BCUT2D eigenvalue weighted by Crippen LogP contribution is 2.29. The Hall–Kier alpha value is -4.34. The molecule has 1 aliphatic rings. The van der Waals surface area contributed by atoms with Crippen LogP contribution in [0.4, 0.5) is 15.9 Å². The minimum absolute atomic E-state index is 0.213. The van der Waals surface area contributed by atoms with Gasteiger partial charge < -0.3 is 19.7 Å². The Balaban J connectivity index is 1.19. The molecule has 3 aromatic carbocycles. The van der Waals surface area contributed by atoms with Crippen molar-refractivity contribution in [3.8, 4) is 11.5 Å². The van der Waals surface area contributed by atoms with Crippen LogP contribution in [0.15, 0.2) is 73.1 Å². The van der Waals surface area contributed by atoms with E-state index in [1.165, 1.54) is 23.4 Å². The number of aromatic nitrogens is 2. The third kappa shape index (κ3) is 8.44. The second-order valence-corrected chi connectivity index (χ2v) is 14.7. The number of piperidine rings is 1. The lowest BCUT2D eigenvalue weighted by Gasteiger charge is -2.33. The standard InChI is InChI=1S/C30H32FN5O7S2/c1-44(38,39)36(45(2,40)41)18-29(37)35-14-12-25(13-15-35)43-26-10-11-28-27(17-26)30(33-20-32-28)34-23-6-8-24(9-7-23)42-19-21-4-3-5-22(31)16-21/h3-11,16-17,20,25H,12-15,18-19H2,1-2H3,(H,32,33,34). The van der Waals surface area contributed by atoms with E-state index in [0.29, 0.717) is 35.7 Å². The van der Waals surface area contributed by atoms with Crippen molar-refractivity contribution in [2.75, 3.05) is 37.5 Å². The van der Waals surface area contributed by atoms with Gasteiger partial charge in [-0.15, -0.1) is 0 Å². The molecule has 1 amide bonds. The van der Waals surface area contributed by atoms with Gasteiger partial charge in [-0.05, 0) is 60.2 Å². The normalized spacial score (nSPS) is 14.4. The molecule has 5 rings (SSSR count). The van der Waals surface area contributed by atoms with Crippen LogP contribution in [0.3, 0.4) is 0 Å². The number of amides is 1. The van der Waals surface area contributed by atoms with Crippen LogP contribution in [0.1, 0.15) is 18.4 Å². The van der Waals surface area contributed by atoms with Gasteiger partial charge in [-0.3, -0.25) is 4.79 Å². The Morgan fingerprint density at radius 3 is 2.31 bits per heavy atom. The van der Waals surface area contributed by atoms with Crippen LogP contribution in [0.2, 0.25) is 0 Å². The van der Waals surface area contributed by atoms with Crippen molar-refractivity contribution in [3.05, 3.63) is 84.4 Å². The molecule has 238 valence electrons. The topological polar surface area (TPSA) is 148 Å². The summed E-state index contributed by atoms with van der Waals surface area (Å²) in [6.45, 7) is 0.0467. The van der Waals surface area contributed by atoms with E-state index in [1.807, 2.05) is 24.3 Å². The molecule has 4 aromatic rings. The average Bonchev–Trinajstić information content (AvgIpc) is 2.99. The molecule has 0 radical (unpaired) electrons. The minimum atomic E-state index is -4.12. The smallest absolute Gasteiger partial charge is 0.239 e. The summed E-state index contributed by atoms with van der Waals surface area (Å²) in [5, 5.41) is 4.03. The van der Waals surface area contributed by atoms with Gasteiger partial charge in [0.05, 0.1) is 18.0 Å². The molecule has 0 unspecified atom stereocenters.